The van der Waals surface area contributed by atoms with Crippen molar-refractivity contribution in [3.05, 3.63) is 29.8 Å². The molecule has 2 N–H and O–H groups in total. The van der Waals surface area contributed by atoms with Crippen molar-refractivity contribution in [2.75, 3.05) is 13.2 Å². The summed E-state index contributed by atoms with van der Waals surface area (Å²) in [6.45, 7) is 0.961. The smallest absolute Gasteiger partial charge is 0.305 e. The first kappa shape index (κ1) is 19.7. The van der Waals surface area contributed by atoms with Crippen LogP contribution in [-0.2, 0) is 20.7 Å². The second-order valence-electron chi connectivity index (χ2n) is 7.68. The van der Waals surface area contributed by atoms with Crippen LogP contribution in [0.25, 0.3) is 0 Å². The molecule has 2 aliphatic rings. The molecule has 1 aromatic rings. The molecular formula is C21H29NO5. The van der Waals surface area contributed by atoms with E-state index in [0.29, 0.717) is 45.0 Å². The first-order valence-corrected chi connectivity index (χ1v) is 9.91. The summed E-state index contributed by atoms with van der Waals surface area (Å²) < 4.78 is 11.4. The van der Waals surface area contributed by atoms with Gasteiger partial charge in [0.05, 0.1) is 18.1 Å². The molecule has 148 valence electrons. The van der Waals surface area contributed by atoms with Crippen LogP contribution >= 0.6 is 0 Å². The predicted octanol–water partition coefficient (Wildman–Crippen LogP) is 3.08. The largest absolute Gasteiger partial charge is 0.490 e. The molecule has 0 aromatic heterocycles. The Hall–Kier alpha value is -2.08. The Morgan fingerprint density at radius 2 is 1.96 bits per heavy atom. The summed E-state index contributed by atoms with van der Waals surface area (Å²) in [5.74, 6) is -0.138. The van der Waals surface area contributed by atoms with E-state index in [4.69, 9.17) is 9.47 Å². The Morgan fingerprint density at radius 3 is 2.67 bits per heavy atom. The van der Waals surface area contributed by atoms with Gasteiger partial charge < -0.3 is 19.9 Å². The third-order valence-electron chi connectivity index (χ3n) is 5.49. The Bertz CT molecular complexity index is 648. The van der Waals surface area contributed by atoms with Gasteiger partial charge >= 0.3 is 5.97 Å². The average molecular weight is 375 g/mol. The molecule has 1 saturated heterocycles. The summed E-state index contributed by atoms with van der Waals surface area (Å²) >= 11 is 0. The van der Waals surface area contributed by atoms with Crippen LogP contribution < -0.4 is 10.1 Å². The topological polar surface area (TPSA) is 84.9 Å². The number of carbonyl (C=O) groups excluding carboxylic acids is 1. The fourth-order valence-corrected chi connectivity index (χ4v) is 3.99. The van der Waals surface area contributed by atoms with Crippen molar-refractivity contribution in [3.63, 3.8) is 0 Å². The van der Waals surface area contributed by atoms with Crippen LogP contribution in [0.2, 0.25) is 0 Å². The van der Waals surface area contributed by atoms with E-state index in [1.165, 1.54) is 12.8 Å². The van der Waals surface area contributed by atoms with Crippen molar-refractivity contribution in [3.8, 4) is 5.75 Å². The number of hydrogen-bond acceptors (Lipinski definition) is 4. The lowest BCUT2D eigenvalue weighted by Gasteiger charge is -2.36. The fraction of sp³-hybridized carbons (Fsp3) is 0.619. The van der Waals surface area contributed by atoms with Crippen LogP contribution in [0.1, 0.15) is 56.9 Å². The van der Waals surface area contributed by atoms with Crippen molar-refractivity contribution in [1.82, 2.24) is 5.32 Å². The average Bonchev–Trinajstić information content (AvgIpc) is 3.13. The Labute approximate surface area is 160 Å². The molecule has 0 bridgehead atoms. The van der Waals surface area contributed by atoms with E-state index in [1.54, 1.807) is 0 Å². The van der Waals surface area contributed by atoms with Gasteiger partial charge in [0.1, 0.15) is 5.75 Å². The van der Waals surface area contributed by atoms with E-state index in [1.807, 2.05) is 24.3 Å². The number of ether oxygens (including phenoxy) is 2. The highest BCUT2D eigenvalue weighted by atomic mass is 16.5. The van der Waals surface area contributed by atoms with Crippen molar-refractivity contribution >= 4 is 11.9 Å². The van der Waals surface area contributed by atoms with Gasteiger partial charge in [-0.1, -0.05) is 12.1 Å². The van der Waals surface area contributed by atoms with Gasteiger partial charge in [-0.25, -0.2) is 0 Å². The summed E-state index contributed by atoms with van der Waals surface area (Å²) in [4.78, 5) is 23.7. The Balaban J connectivity index is 1.52. The SMILES string of the molecule is O=C(O)CC1(NC(=O)CCc2cccc(OC3CCCC3)c2)CCOCC1. The maximum atomic E-state index is 12.5. The van der Waals surface area contributed by atoms with Crippen LogP contribution in [0, 0.1) is 0 Å². The summed E-state index contributed by atoms with van der Waals surface area (Å²) in [6.07, 6.45) is 6.94. The van der Waals surface area contributed by atoms with Crippen molar-refractivity contribution in [2.24, 2.45) is 0 Å². The van der Waals surface area contributed by atoms with Crippen molar-refractivity contribution in [1.29, 1.82) is 0 Å². The Morgan fingerprint density at radius 1 is 1.22 bits per heavy atom. The molecule has 6 heteroatoms. The lowest BCUT2D eigenvalue weighted by Crippen LogP contribution is -2.53. The number of carboxylic acids is 1. The maximum absolute atomic E-state index is 12.5. The molecule has 0 spiro atoms. The highest BCUT2D eigenvalue weighted by molar-refractivity contribution is 5.78. The lowest BCUT2D eigenvalue weighted by atomic mass is 9.86. The number of carbonyl (C=O) groups is 2. The molecule has 1 saturated carbocycles. The summed E-state index contributed by atoms with van der Waals surface area (Å²) in [5, 5.41) is 12.2. The first-order valence-electron chi connectivity index (χ1n) is 9.91. The molecule has 27 heavy (non-hydrogen) atoms. The number of rotatable bonds is 8. The van der Waals surface area contributed by atoms with Gasteiger partial charge in [0.25, 0.3) is 0 Å². The zero-order chi connectivity index (χ0) is 19.1. The van der Waals surface area contributed by atoms with E-state index in [-0.39, 0.29) is 12.3 Å². The van der Waals surface area contributed by atoms with Crippen LogP contribution in [0.5, 0.6) is 5.75 Å². The lowest BCUT2D eigenvalue weighted by molar-refractivity contribution is -0.140. The molecule has 3 rings (SSSR count). The molecule has 1 aromatic carbocycles. The van der Waals surface area contributed by atoms with Crippen LogP contribution in [-0.4, -0.2) is 41.8 Å². The molecular weight excluding hydrogens is 346 g/mol. The minimum absolute atomic E-state index is 0.0627. The van der Waals surface area contributed by atoms with Gasteiger partial charge in [0, 0.05) is 19.6 Å². The molecule has 6 nitrogen and oxygen atoms in total. The zero-order valence-electron chi connectivity index (χ0n) is 15.7. The predicted molar refractivity (Wildman–Crippen MR) is 101 cm³/mol. The quantitative estimate of drug-likeness (QED) is 0.729. The number of hydrogen-bond donors (Lipinski definition) is 2. The zero-order valence-corrected chi connectivity index (χ0v) is 15.7. The number of carboxylic acid groups (broad SMARTS) is 1. The third kappa shape index (κ3) is 5.96. The van der Waals surface area contributed by atoms with Crippen molar-refractivity contribution < 1.29 is 24.2 Å². The van der Waals surface area contributed by atoms with Crippen LogP contribution in [0.4, 0.5) is 0 Å². The van der Waals surface area contributed by atoms with Gasteiger partial charge in [-0.2, -0.15) is 0 Å². The second kappa shape index (κ2) is 9.22. The van der Waals surface area contributed by atoms with Crippen molar-refractivity contribution in [2.45, 2.75) is 69.4 Å². The summed E-state index contributed by atoms with van der Waals surface area (Å²) in [5.41, 5.74) is 0.370. The number of amides is 1. The van der Waals surface area contributed by atoms with Gasteiger partial charge in [-0.3, -0.25) is 9.59 Å². The summed E-state index contributed by atoms with van der Waals surface area (Å²) in [6, 6.07) is 7.93. The number of aliphatic carboxylic acids is 1. The molecule has 0 unspecified atom stereocenters. The third-order valence-corrected chi connectivity index (χ3v) is 5.49. The maximum Gasteiger partial charge on any atom is 0.305 e. The number of nitrogens with one attached hydrogen (secondary N) is 1. The molecule has 0 atom stereocenters. The van der Waals surface area contributed by atoms with Gasteiger partial charge in [0.15, 0.2) is 0 Å². The van der Waals surface area contributed by atoms with Crippen LogP contribution in [0.3, 0.4) is 0 Å². The second-order valence-corrected chi connectivity index (χ2v) is 7.68. The highest BCUT2D eigenvalue weighted by Crippen LogP contribution is 2.26. The van der Waals surface area contributed by atoms with Gasteiger partial charge in [-0.05, 0) is 62.6 Å². The van der Waals surface area contributed by atoms with E-state index < -0.39 is 11.5 Å². The van der Waals surface area contributed by atoms with E-state index in [2.05, 4.69) is 5.32 Å². The minimum atomic E-state index is -0.894. The monoisotopic (exact) mass is 375 g/mol. The first-order chi connectivity index (χ1) is 13.0. The minimum Gasteiger partial charge on any atom is -0.490 e. The summed E-state index contributed by atoms with van der Waals surface area (Å²) in [7, 11) is 0. The molecule has 2 fully saturated rings. The Kier molecular flexibility index (Phi) is 6.72. The molecule has 0 radical (unpaired) electrons. The standard InChI is InChI=1S/C21H29NO5/c23-19(22-21(15-20(24)25)10-12-26-13-11-21)9-8-16-4-3-7-18(14-16)27-17-5-1-2-6-17/h3-4,7,14,17H,1-2,5-6,8-13,15H2,(H,22,23)(H,24,25). The fourth-order valence-electron chi connectivity index (χ4n) is 3.99. The van der Waals surface area contributed by atoms with Gasteiger partial charge in [-0.15, -0.1) is 0 Å². The molecule has 1 aliphatic carbocycles. The molecule has 1 heterocycles. The van der Waals surface area contributed by atoms with E-state index in [9.17, 15) is 14.7 Å². The molecule has 1 amide bonds. The van der Waals surface area contributed by atoms with Crippen LogP contribution in [0.15, 0.2) is 24.3 Å². The van der Waals surface area contributed by atoms with Gasteiger partial charge in [0.2, 0.25) is 5.91 Å². The number of aryl methyl sites for hydroxylation is 1. The number of benzene rings is 1. The normalized spacial score (nSPS) is 19.6. The highest BCUT2D eigenvalue weighted by Gasteiger charge is 2.36. The molecule has 1 aliphatic heterocycles. The van der Waals surface area contributed by atoms with E-state index in [0.717, 1.165) is 24.2 Å². The van der Waals surface area contributed by atoms with E-state index >= 15 is 0 Å².